The number of halogens is 2. The summed E-state index contributed by atoms with van der Waals surface area (Å²) in [5.41, 5.74) is 0.940. The third-order valence-electron chi connectivity index (χ3n) is 3.51. The Bertz CT molecular complexity index is 623. The normalized spacial score (nSPS) is 16.4. The van der Waals surface area contributed by atoms with Gasteiger partial charge in [0.25, 0.3) is 0 Å². The molecule has 1 aliphatic rings. The predicted octanol–water partition coefficient (Wildman–Crippen LogP) is 1.43. The third-order valence-corrected chi connectivity index (χ3v) is 4.12. The summed E-state index contributed by atoms with van der Waals surface area (Å²) in [6.07, 6.45) is 0. The molecule has 0 N–H and O–H groups in total. The molecule has 0 aliphatic carbocycles. The molecule has 8 heteroatoms. The lowest BCUT2D eigenvalue weighted by molar-refractivity contribution is 0.245. The smallest absolute Gasteiger partial charge is 0.214 e. The van der Waals surface area contributed by atoms with E-state index in [1.165, 1.54) is 6.07 Å². The van der Waals surface area contributed by atoms with E-state index in [4.69, 9.17) is 0 Å². The largest absolute Gasteiger partial charge is 0.354 e. The molecule has 1 saturated heterocycles. The molecular formula is C13H16BrFN6. The fourth-order valence-corrected chi connectivity index (χ4v) is 2.87. The van der Waals surface area contributed by atoms with Crippen LogP contribution in [0.25, 0.3) is 0 Å². The number of hydrogen-bond acceptors (Lipinski definition) is 5. The van der Waals surface area contributed by atoms with Crippen molar-refractivity contribution in [3.8, 4) is 0 Å². The highest BCUT2D eigenvalue weighted by Gasteiger charge is 2.20. The van der Waals surface area contributed by atoms with Crippen LogP contribution >= 0.6 is 15.9 Å². The quantitative estimate of drug-likeness (QED) is 0.780. The predicted molar refractivity (Wildman–Crippen MR) is 80.4 cm³/mol. The summed E-state index contributed by atoms with van der Waals surface area (Å²) in [4.78, 5) is 9.91. The molecule has 0 radical (unpaired) electrons. The van der Waals surface area contributed by atoms with Crippen molar-refractivity contribution in [3.05, 3.63) is 34.4 Å². The van der Waals surface area contributed by atoms with Crippen LogP contribution in [0.5, 0.6) is 0 Å². The molecule has 3 heterocycles. The Balaban J connectivity index is 1.59. The zero-order valence-corrected chi connectivity index (χ0v) is 13.3. The van der Waals surface area contributed by atoms with Gasteiger partial charge in [-0.2, -0.15) is 14.3 Å². The Morgan fingerprint density at radius 2 is 1.95 bits per heavy atom. The maximum Gasteiger partial charge on any atom is 0.214 e. The van der Waals surface area contributed by atoms with Crippen LogP contribution in [0.4, 0.5) is 10.2 Å². The molecule has 1 fully saturated rings. The molecule has 0 saturated carbocycles. The summed E-state index contributed by atoms with van der Waals surface area (Å²) in [5, 5.41) is 8.52. The average Bonchev–Trinajstić information content (AvgIpc) is 2.78. The van der Waals surface area contributed by atoms with Crippen molar-refractivity contribution >= 4 is 21.7 Å². The molecule has 0 amide bonds. The first-order valence-electron chi connectivity index (χ1n) is 6.77. The molecule has 2 aromatic rings. The van der Waals surface area contributed by atoms with Crippen molar-refractivity contribution in [2.45, 2.75) is 6.54 Å². The van der Waals surface area contributed by atoms with Gasteiger partial charge in [-0.05, 0) is 28.1 Å². The topological polar surface area (TPSA) is 50.1 Å². The fourth-order valence-electron chi connectivity index (χ4n) is 2.44. The van der Waals surface area contributed by atoms with Crippen LogP contribution in [0.2, 0.25) is 0 Å². The van der Waals surface area contributed by atoms with Crippen molar-refractivity contribution in [2.24, 2.45) is 7.05 Å². The highest BCUT2D eigenvalue weighted by molar-refractivity contribution is 9.10. The molecule has 0 bridgehead atoms. The van der Waals surface area contributed by atoms with E-state index in [2.05, 4.69) is 40.9 Å². The van der Waals surface area contributed by atoms with Crippen molar-refractivity contribution in [3.63, 3.8) is 0 Å². The summed E-state index contributed by atoms with van der Waals surface area (Å²) in [7, 11) is 1.81. The Hall–Kier alpha value is -1.54. The van der Waals surface area contributed by atoms with Crippen LogP contribution in [-0.2, 0) is 13.6 Å². The van der Waals surface area contributed by atoms with Gasteiger partial charge in [0.05, 0.1) is 0 Å². The lowest BCUT2D eigenvalue weighted by atomic mass is 10.3. The summed E-state index contributed by atoms with van der Waals surface area (Å²) in [6.45, 7) is 4.20. The van der Waals surface area contributed by atoms with E-state index in [0.29, 0.717) is 5.82 Å². The molecule has 21 heavy (non-hydrogen) atoms. The fraction of sp³-hybridized carbons (Fsp3) is 0.462. The van der Waals surface area contributed by atoms with Crippen LogP contribution in [0, 0.1) is 5.95 Å². The number of hydrogen-bond donors (Lipinski definition) is 0. The van der Waals surface area contributed by atoms with E-state index in [-0.39, 0.29) is 0 Å². The average molecular weight is 355 g/mol. The van der Waals surface area contributed by atoms with Crippen LogP contribution in [-0.4, -0.2) is 51.1 Å². The molecule has 0 unspecified atom stereocenters. The van der Waals surface area contributed by atoms with Gasteiger partial charge in [0.15, 0.2) is 4.60 Å². The standard InChI is InChI=1S/C13H16BrFN6/c1-19-17-10(13(14)18-19)9-20-5-7-21(8-6-20)12-4-2-3-11(15)16-12/h2-4H,5-9H2,1H3. The number of anilines is 1. The Morgan fingerprint density at radius 1 is 1.19 bits per heavy atom. The van der Waals surface area contributed by atoms with E-state index in [1.807, 2.05) is 13.1 Å². The zero-order chi connectivity index (χ0) is 14.8. The van der Waals surface area contributed by atoms with Gasteiger partial charge in [-0.25, -0.2) is 4.98 Å². The molecular weight excluding hydrogens is 339 g/mol. The minimum absolute atomic E-state index is 0.432. The number of pyridine rings is 1. The van der Waals surface area contributed by atoms with E-state index >= 15 is 0 Å². The molecule has 0 atom stereocenters. The SMILES string of the molecule is Cn1nc(Br)c(CN2CCN(c3cccc(F)n3)CC2)n1. The van der Waals surface area contributed by atoms with Gasteiger partial charge >= 0.3 is 0 Å². The van der Waals surface area contributed by atoms with Gasteiger partial charge in [-0.15, -0.1) is 5.10 Å². The molecule has 112 valence electrons. The van der Waals surface area contributed by atoms with Crippen molar-refractivity contribution in [1.29, 1.82) is 0 Å². The number of aryl methyl sites for hydroxylation is 1. The van der Waals surface area contributed by atoms with Crippen LogP contribution in [0.1, 0.15) is 5.69 Å². The molecule has 6 nitrogen and oxygen atoms in total. The van der Waals surface area contributed by atoms with Crippen molar-refractivity contribution < 1.29 is 4.39 Å². The molecule has 0 aromatic carbocycles. The highest BCUT2D eigenvalue weighted by atomic mass is 79.9. The van der Waals surface area contributed by atoms with E-state index in [0.717, 1.165) is 43.0 Å². The first-order chi connectivity index (χ1) is 10.1. The van der Waals surface area contributed by atoms with Gasteiger partial charge in [0.2, 0.25) is 5.95 Å². The lowest BCUT2D eigenvalue weighted by Crippen LogP contribution is -2.46. The highest BCUT2D eigenvalue weighted by Crippen LogP contribution is 2.17. The Kier molecular flexibility index (Phi) is 4.16. The first-order valence-corrected chi connectivity index (χ1v) is 7.56. The summed E-state index contributed by atoms with van der Waals surface area (Å²) < 4.78 is 14.0. The Morgan fingerprint density at radius 3 is 2.57 bits per heavy atom. The summed E-state index contributed by atoms with van der Waals surface area (Å²) >= 11 is 3.42. The maximum absolute atomic E-state index is 13.2. The second-order valence-electron chi connectivity index (χ2n) is 5.01. The zero-order valence-electron chi connectivity index (χ0n) is 11.7. The molecule has 0 spiro atoms. The Labute approximate surface area is 130 Å². The summed E-state index contributed by atoms with van der Waals surface area (Å²) in [5.74, 6) is 0.272. The van der Waals surface area contributed by atoms with Crippen molar-refractivity contribution in [2.75, 3.05) is 31.1 Å². The minimum atomic E-state index is -0.432. The first kappa shape index (κ1) is 14.4. The van der Waals surface area contributed by atoms with Crippen molar-refractivity contribution in [1.82, 2.24) is 24.9 Å². The maximum atomic E-state index is 13.2. The lowest BCUT2D eigenvalue weighted by Gasteiger charge is -2.35. The molecule has 3 rings (SSSR count). The van der Waals surface area contributed by atoms with Gasteiger partial charge in [-0.3, -0.25) is 4.90 Å². The molecule has 1 aliphatic heterocycles. The number of piperazine rings is 1. The van der Waals surface area contributed by atoms with Gasteiger partial charge in [-0.1, -0.05) is 6.07 Å². The van der Waals surface area contributed by atoms with Gasteiger partial charge in [0, 0.05) is 39.8 Å². The molecule has 2 aromatic heterocycles. The van der Waals surface area contributed by atoms with Crippen LogP contribution < -0.4 is 4.90 Å². The van der Waals surface area contributed by atoms with E-state index in [9.17, 15) is 4.39 Å². The van der Waals surface area contributed by atoms with Crippen LogP contribution in [0.15, 0.2) is 22.8 Å². The number of aromatic nitrogens is 4. The van der Waals surface area contributed by atoms with Crippen LogP contribution in [0.3, 0.4) is 0 Å². The minimum Gasteiger partial charge on any atom is -0.354 e. The second kappa shape index (κ2) is 6.07. The summed E-state index contributed by atoms with van der Waals surface area (Å²) in [6, 6.07) is 4.91. The third kappa shape index (κ3) is 3.38. The second-order valence-corrected chi connectivity index (χ2v) is 5.76. The van der Waals surface area contributed by atoms with E-state index in [1.54, 1.807) is 10.9 Å². The number of nitrogens with zero attached hydrogens (tertiary/aromatic N) is 6. The monoisotopic (exact) mass is 354 g/mol. The van der Waals surface area contributed by atoms with Gasteiger partial charge < -0.3 is 4.90 Å². The van der Waals surface area contributed by atoms with E-state index < -0.39 is 5.95 Å². The number of rotatable bonds is 3. The van der Waals surface area contributed by atoms with Gasteiger partial charge in [0.1, 0.15) is 11.5 Å².